The van der Waals surface area contributed by atoms with Crippen molar-refractivity contribution in [3.05, 3.63) is 5.69 Å². The average Bonchev–Trinajstić information content (AvgIpc) is 2.73. The number of carbonyl (C=O) groups is 1. The second-order valence-corrected chi connectivity index (χ2v) is 3.87. The first-order valence-corrected chi connectivity index (χ1v) is 5.58. The van der Waals surface area contributed by atoms with Gasteiger partial charge in [0.25, 0.3) is 0 Å². The van der Waals surface area contributed by atoms with Crippen LogP contribution in [0.15, 0.2) is 9.52 Å². The van der Waals surface area contributed by atoms with Crippen molar-refractivity contribution in [1.29, 1.82) is 0 Å². The quantitative estimate of drug-likeness (QED) is 0.283. The Labute approximate surface area is 103 Å². The monoisotopic (exact) mass is 254 g/mol. The molecule has 2 rings (SSSR count). The van der Waals surface area contributed by atoms with Gasteiger partial charge in [-0.25, -0.2) is 4.99 Å². The van der Waals surface area contributed by atoms with Crippen molar-refractivity contribution in [2.45, 2.75) is 13.8 Å². The number of ketones is 1. The normalized spacial score (nSPS) is 17.0. The largest absolute Gasteiger partial charge is 0.862 e. The van der Waals surface area contributed by atoms with E-state index in [1.54, 1.807) is 0 Å². The maximum atomic E-state index is 11.6. The topological polar surface area (TPSA) is 94.9 Å². The SMILES string of the molecule is CC(=O)c1c(/N=C(/C)[O-])on[n+]1N1CCOCC1. The lowest BCUT2D eigenvalue weighted by molar-refractivity contribution is -0.761. The molecule has 0 saturated carbocycles. The lowest BCUT2D eigenvalue weighted by Gasteiger charge is -2.19. The van der Waals surface area contributed by atoms with Gasteiger partial charge in [0.15, 0.2) is 0 Å². The highest BCUT2D eigenvalue weighted by molar-refractivity contribution is 5.94. The maximum absolute atomic E-state index is 11.6. The lowest BCUT2D eigenvalue weighted by Crippen LogP contribution is -2.65. The van der Waals surface area contributed by atoms with Crippen LogP contribution in [0.1, 0.15) is 24.3 Å². The Kier molecular flexibility index (Phi) is 3.56. The van der Waals surface area contributed by atoms with Gasteiger partial charge in [0.05, 0.1) is 31.1 Å². The van der Waals surface area contributed by atoms with E-state index >= 15 is 0 Å². The Morgan fingerprint density at radius 1 is 1.44 bits per heavy atom. The Morgan fingerprint density at radius 3 is 2.67 bits per heavy atom. The summed E-state index contributed by atoms with van der Waals surface area (Å²) in [7, 11) is 0. The van der Waals surface area contributed by atoms with E-state index in [-0.39, 0.29) is 17.4 Å². The Hall–Kier alpha value is -1.96. The predicted molar refractivity (Wildman–Crippen MR) is 58.2 cm³/mol. The summed E-state index contributed by atoms with van der Waals surface area (Å²) >= 11 is 0. The first-order valence-electron chi connectivity index (χ1n) is 5.58. The fourth-order valence-electron chi connectivity index (χ4n) is 1.69. The van der Waals surface area contributed by atoms with Gasteiger partial charge in [0.1, 0.15) is 0 Å². The van der Waals surface area contributed by atoms with Crippen LogP contribution in [-0.2, 0) is 4.74 Å². The van der Waals surface area contributed by atoms with Crippen LogP contribution in [0.5, 0.6) is 0 Å². The number of ether oxygens (including phenoxy) is 1. The van der Waals surface area contributed by atoms with Crippen molar-refractivity contribution < 1.29 is 24.0 Å². The highest BCUT2D eigenvalue weighted by atomic mass is 16.5. The molecule has 18 heavy (non-hydrogen) atoms. The van der Waals surface area contributed by atoms with Gasteiger partial charge in [0, 0.05) is 6.92 Å². The number of Topliss-reactive ketones (excluding diaryl/α,β-unsaturated/α-hetero) is 1. The molecule has 0 atom stereocenters. The van der Waals surface area contributed by atoms with Crippen molar-refractivity contribution in [3.63, 3.8) is 0 Å². The smallest absolute Gasteiger partial charge is 0.375 e. The summed E-state index contributed by atoms with van der Waals surface area (Å²) in [5, 5.41) is 16.5. The summed E-state index contributed by atoms with van der Waals surface area (Å²) in [6.45, 7) is 4.95. The molecule has 0 radical (unpaired) electrons. The molecule has 8 nitrogen and oxygen atoms in total. The second kappa shape index (κ2) is 5.13. The molecule has 8 heteroatoms. The number of aliphatic imine (C=N–C) groups is 1. The van der Waals surface area contributed by atoms with E-state index in [0.29, 0.717) is 26.3 Å². The first-order chi connectivity index (χ1) is 8.59. The molecule has 1 aliphatic heterocycles. The number of nitrogens with zero attached hydrogens (tertiary/aromatic N) is 4. The van der Waals surface area contributed by atoms with E-state index in [2.05, 4.69) is 10.3 Å². The van der Waals surface area contributed by atoms with Gasteiger partial charge in [0.2, 0.25) is 11.1 Å². The van der Waals surface area contributed by atoms with E-state index in [1.807, 2.05) is 5.01 Å². The maximum Gasteiger partial charge on any atom is 0.375 e. The molecule has 0 N–H and O–H groups in total. The van der Waals surface area contributed by atoms with Crippen molar-refractivity contribution in [3.8, 4) is 0 Å². The Balaban J connectivity index is 2.38. The second-order valence-electron chi connectivity index (χ2n) is 3.87. The van der Waals surface area contributed by atoms with Crippen LogP contribution in [0, 0.1) is 0 Å². The summed E-state index contributed by atoms with van der Waals surface area (Å²) in [5.74, 6) is -0.757. The molecule has 0 spiro atoms. The Bertz CT molecular complexity index is 472. The third kappa shape index (κ3) is 2.48. The summed E-state index contributed by atoms with van der Waals surface area (Å²) in [4.78, 5) is 16.6. The van der Waals surface area contributed by atoms with Gasteiger partial charge in [-0.2, -0.15) is 0 Å². The lowest BCUT2D eigenvalue weighted by atomic mass is 10.3. The predicted octanol–water partition coefficient (Wildman–Crippen LogP) is -1.46. The molecule has 98 valence electrons. The van der Waals surface area contributed by atoms with Gasteiger partial charge in [-0.1, -0.05) is 0 Å². The van der Waals surface area contributed by atoms with Gasteiger partial charge in [-0.05, 0) is 12.8 Å². The van der Waals surface area contributed by atoms with E-state index in [1.165, 1.54) is 18.6 Å². The van der Waals surface area contributed by atoms with Crippen LogP contribution < -0.4 is 14.9 Å². The van der Waals surface area contributed by atoms with Crippen LogP contribution in [0.3, 0.4) is 0 Å². The molecule has 1 aromatic rings. The van der Waals surface area contributed by atoms with E-state index < -0.39 is 5.90 Å². The number of hydrogen-bond donors (Lipinski definition) is 0. The van der Waals surface area contributed by atoms with Gasteiger partial charge in [-0.3, -0.25) is 9.32 Å². The zero-order chi connectivity index (χ0) is 13.1. The minimum Gasteiger partial charge on any atom is -0.862 e. The molecule has 0 unspecified atom stereocenters. The molecule has 1 saturated heterocycles. The summed E-state index contributed by atoms with van der Waals surface area (Å²) in [6, 6.07) is 0. The van der Waals surface area contributed by atoms with Gasteiger partial charge < -0.3 is 9.84 Å². The number of hydrogen-bond acceptors (Lipinski definition) is 7. The zero-order valence-corrected chi connectivity index (χ0v) is 10.3. The summed E-state index contributed by atoms with van der Waals surface area (Å²) < 4.78 is 10.2. The third-order valence-electron chi connectivity index (χ3n) is 2.46. The van der Waals surface area contributed by atoms with Crippen LogP contribution in [0.2, 0.25) is 0 Å². The minimum absolute atomic E-state index is 0.0542. The number of morpholine rings is 1. The van der Waals surface area contributed by atoms with Crippen LogP contribution in [-0.4, -0.2) is 43.3 Å². The molecule has 1 aromatic heterocycles. The number of rotatable bonds is 3. The van der Waals surface area contributed by atoms with Crippen molar-refractivity contribution in [2.24, 2.45) is 4.99 Å². The number of aromatic nitrogens is 2. The fraction of sp³-hybridized carbons (Fsp3) is 0.600. The van der Waals surface area contributed by atoms with Crippen molar-refractivity contribution in [1.82, 2.24) is 5.27 Å². The van der Waals surface area contributed by atoms with Crippen molar-refractivity contribution >= 4 is 17.6 Å². The molecule has 0 amide bonds. The molecule has 2 heterocycles. The van der Waals surface area contributed by atoms with Crippen LogP contribution >= 0.6 is 0 Å². The fourth-order valence-corrected chi connectivity index (χ4v) is 1.69. The molecule has 0 aromatic carbocycles. The molecular formula is C10H14N4O4. The first kappa shape index (κ1) is 12.5. The van der Waals surface area contributed by atoms with E-state index in [0.717, 1.165) is 0 Å². The van der Waals surface area contributed by atoms with Gasteiger partial charge in [-0.15, -0.1) is 5.01 Å². The minimum atomic E-state index is -0.442. The molecular weight excluding hydrogens is 240 g/mol. The van der Waals surface area contributed by atoms with Crippen molar-refractivity contribution in [2.75, 3.05) is 31.3 Å². The van der Waals surface area contributed by atoms with Crippen LogP contribution in [0.25, 0.3) is 0 Å². The van der Waals surface area contributed by atoms with E-state index in [9.17, 15) is 9.90 Å². The zero-order valence-electron chi connectivity index (χ0n) is 10.3. The average molecular weight is 254 g/mol. The molecule has 0 bridgehead atoms. The number of carbonyl (C=O) groups excluding carboxylic acids is 1. The van der Waals surface area contributed by atoms with Crippen LogP contribution in [0.4, 0.5) is 5.88 Å². The van der Waals surface area contributed by atoms with Gasteiger partial charge >= 0.3 is 11.6 Å². The van der Waals surface area contributed by atoms with E-state index in [4.69, 9.17) is 9.26 Å². The molecule has 1 fully saturated rings. The summed E-state index contributed by atoms with van der Waals surface area (Å²) in [6.07, 6.45) is 0. The highest BCUT2D eigenvalue weighted by Crippen LogP contribution is 2.15. The molecule has 0 aliphatic carbocycles. The third-order valence-corrected chi connectivity index (χ3v) is 2.46. The highest BCUT2D eigenvalue weighted by Gasteiger charge is 2.34. The molecule has 1 aliphatic rings. The summed E-state index contributed by atoms with van der Waals surface area (Å²) in [5.41, 5.74) is 0.173. The standard InChI is InChI=1S/C10H14N4O4/c1-7(15)9-10(11-8(2)16)18-12-14(9)13-3-5-17-6-4-13/h3-6H2,1-2H3. The Morgan fingerprint density at radius 2 is 2.11 bits per heavy atom.